The first-order valence-electron chi connectivity index (χ1n) is 8.22. The third kappa shape index (κ3) is 8.12. The van der Waals surface area contributed by atoms with Crippen molar-refractivity contribution in [2.75, 3.05) is 58.9 Å². The molecule has 5 heteroatoms. The van der Waals surface area contributed by atoms with Crippen molar-refractivity contribution < 1.29 is 0 Å². The van der Waals surface area contributed by atoms with Crippen molar-refractivity contribution in [1.29, 1.82) is 0 Å². The molecular formula is C16H30N5. The van der Waals surface area contributed by atoms with E-state index in [4.69, 9.17) is 0 Å². The van der Waals surface area contributed by atoms with E-state index in [1.807, 2.05) is 0 Å². The van der Waals surface area contributed by atoms with Crippen LogP contribution in [0.25, 0.3) is 0 Å². The Hall–Kier alpha value is -0.200. The van der Waals surface area contributed by atoms with Crippen LogP contribution in [-0.4, -0.2) is 64.9 Å². The van der Waals surface area contributed by atoms with E-state index in [1.165, 1.54) is 12.3 Å². The van der Waals surface area contributed by atoms with Crippen LogP contribution in [-0.2, 0) is 0 Å². The van der Waals surface area contributed by atoms with Crippen LogP contribution in [0.5, 0.6) is 0 Å². The molecule has 0 amide bonds. The van der Waals surface area contributed by atoms with Crippen LogP contribution in [0.15, 0.2) is 0 Å². The molecule has 0 aromatic carbocycles. The third-order valence-electron chi connectivity index (χ3n) is 3.76. The van der Waals surface area contributed by atoms with Gasteiger partial charge in [0.15, 0.2) is 0 Å². The normalized spacial score (nSPS) is 27.7. The Morgan fingerprint density at radius 2 is 1.62 bits per heavy atom. The Balaban J connectivity index is 1.61. The Bertz CT molecular complexity index is 229. The van der Waals surface area contributed by atoms with Gasteiger partial charge in [-0.15, -0.1) is 0 Å². The van der Waals surface area contributed by atoms with Crippen molar-refractivity contribution in [3.63, 3.8) is 0 Å². The predicted octanol–water partition coefficient (Wildman–Crippen LogP) is -0.888. The molecule has 5 radical (unpaired) electrons. The van der Waals surface area contributed by atoms with Crippen LogP contribution in [0.2, 0.25) is 0 Å². The Labute approximate surface area is 130 Å². The van der Waals surface area contributed by atoms with Gasteiger partial charge in [-0.05, 0) is 51.1 Å². The molecule has 21 heavy (non-hydrogen) atoms. The second-order valence-electron chi connectivity index (χ2n) is 5.63. The minimum atomic E-state index is 0.475. The smallest absolute Gasteiger partial charge is 0.0318 e. The average Bonchev–Trinajstić information content (AvgIpc) is 3.00. The molecular weight excluding hydrogens is 262 g/mol. The van der Waals surface area contributed by atoms with Gasteiger partial charge in [-0.1, -0.05) is 0 Å². The maximum atomic E-state index is 3.63. The van der Waals surface area contributed by atoms with E-state index in [0.717, 1.165) is 58.9 Å². The van der Waals surface area contributed by atoms with Crippen LogP contribution in [0.4, 0.5) is 0 Å². The standard InChI is InChI=1S/C16H30N5/c1-2-5-15(4-1)12-20-14-16-13-19-9-8-17-6-3-7-18-10-11-21-16/h1-2,4-5,16-21H,3,6-14H2. The van der Waals surface area contributed by atoms with Crippen LogP contribution in [0, 0.1) is 31.6 Å². The molecule has 119 valence electrons. The third-order valence-corrected chi connectivity index (χ3v) is 3.76. The molecule has 0 bridgehead atoms. The fourth-order valence-electron chi connectivity index (χ4n) is 2.55. The van der Waals surface area contributed by atoms with Crippen LogP contribution < -0.4 is 26.6 Å². The van der Waals surface area contributed by atoms with Crippen LogP contribution >= 0.6 is 0 Å². The van der Waals surface area contributed by atoms with Gasteiger partial charge < -0.3 is 26.6 Å². The monoisotopic (exact) mass is 292 g/mol. The van der Waals surface area contributed by atoms with Crippen molar-refractivity contribution in [3.05, 3.63) is 31.6 Å². The zero-order valence-corrected chi connectivity index (χ0v) is 13.0. The number of nitrogens with one attached hydrogen (secondary N) is 5. The molecule has 0 aromatic heterocycles. The molecule has 1 aliphatic heterocycles. The van der Waals surface area contributed by atoms with Gasteiger partial charge in [0.05, 0.1) is 0 Å². The second-order valence-corrected chi connectivity index (χ2v) is 5.63. The highest BCUT2D eigenvalue weighted by Crippen LogP contribution is 2.21. The molecule has 5 nitrogen and oxygen atoms in total. The van der Waals surface area contributed by atoms with Crippen molar-refractivity contribution in [1.82, 2.24) is 26.6 Å². The Morgan fingerprint density at radius 1 is 0.905 bits per heavy atom. The second kappa shape index (κ2) is 11.4. The van der Waals surface area contributed by atoms with Crippen molar-refractivity contribution >= 4 is 0 Å². The molecule has 2 fully saturated rings. The molecule has 1 atom stereocenters. The summed E-state index contributed by atoms with van der Waals surface area (Å²) in [6, 6.07) is 0.475. The van der Waals surface area contributed by atoms with E-state index in [1.54, 1.807) is 0 Å². The van der Waals surface area contributed by atoms with E-state index in [9.17, 15) is 0 Å². The highest BCUT2D eigenvalue weighted by molar-refractivity contribution is 5.35. The molecule has 1 unspecified atom stereocenters. The fraction of sp³-hybridized carbons (Fsp3) is 0.688. The van der Waals surface area contributed by atoms with E-state index in [2.05, 4.69) is 52.3 Å². The van der Waals surface area contributed by atoms with Gasteiger partial charge in [-0.25, -0.2) is 0 Å². The highest BCUT2D eigenvalue weighted by atomic mass is 15.1. The van der Waals surface area contributed by atoms with Gasteiger partial charge >= 0.3 is 0 Å². The zero-order chi connectivity index (χ0) is 14.6. The van der Waals surface area contributed by atoms with Crippen LogP contribution in [0.1, 0.15) is 6.42 Å². The fourth-order valence-corrected chi connectivity index (χ4v) is 2.55. The summed E-state index contributed by atoms with van der Waals surface area (Å²) >= 11 is 0. The van der Waals surface area contributed by atoms with Gasteiger partial charge in [0.25, 0.3) is 0 Å². The van der Waals surface area contributed by atoms with Gasteiger partial charge in [0.1, 0.15) is 0 Å². The van der Waals surface area contributed by atoms with E-state index in [0.29, 0.717) is 6.04 Å². The average molecular weight is 292 g/mol. The van der Waals surface area contributed by atoms with Gasteiger partial charge in [0.2, 0.25) is 0 Å². The minimum absolute atomic E-state index is 0.475. The lowest BCUT2D eigenvalue weighted by Gasteiger charge is -2.21. The lowest BCUT2D eigenvalue weighted by molar-refractivity contribution is 0.447. The molecule has 0 spiro atoms. The Morgan fingerprint density at radius 3 is 2.43 bits per heavy atom. The summed E-state index contributed by atoms with van der Waals surface area (Å²) in [6.07, 6.45) is 9.71. The summed E-state index contributed by atoms with van der Waals surface area (Å²) in [6.45, 7) is 9.31. The SMILES string of the molecule is [CH]1[CH][CH][C](CNCC2CNCCNCCCNCCN2)[CH]1. The molecule has 1 saturated carbocycles. The molecule has 1 heterocycles. The van der Waals surface area contributed by atoms with Gasteiger partial charge in [-0.2, -0.15) is 0 Å². The molecule has 2 rings (SSSR count). The summed E-state index contributed by atoms with van der Waals surface area (Å²) in [7, 11) is 0. The molecule has 1 aliphatic carbocycles. The zero-order valence-electron chi connectivity index (χ0n) is 13.0. The number of hydrogen-bond donors (Lipinski definition) is 5. The summed E-state index contributed by atoms with van der Waals surface area (Å²) in [5, 5.41) is 17.6. The van der Waals surface area contributed by atoms with Crippen molar-refractivity contribution in [2.24, 2.45) is 0 Å². The quantitative estimate of drug-likeness (QED) is 0.465. The minimum Gasteiger partial charge on any atom is -0.315 e. The van der Waals surface area contributed by atoms with E-state index < -0.39 is 0 Å². The maximum absolute atomic E-state index is 3.63. The van der Waals surface area contributed by atoms with Crippen molar-refractivity contribution in [2.45, 2.75) is 12.5 Å². The first-order chi connectivity index (χ1) is 10.4. The first kappa shape index (κ1) is 17.2. The highest BCUT2D eigenvalue weighted by Gasteiger charge is 2.16. The predicted molar refractivity (Wildman–Crippen MR) is 88.3 cm³/mol. The molecule has 5 N–H and O–H groups in total. The molecule has 2 aliphatic rings. The van der Waals surface area contributed by atoms with E-state index >= 15 is 0 Å². The summed E-state index contributed by atoms with van der Waals surface area (Å²) in [5.74, 6) is 1.36. The Kier molecular flexibility index (Phi) is 9.30. The van der Waals surface area contributed by atoms with Crippen molar-refractivity contribution in [3.8, 4) is 0 Å². The summed E-state index contributed by atoms with van der Waals surface area (Å²) in [4.78, 5) is 0. The van der Waals surface area contributed by atoms with Crippen LogP contribution in [0.3, 0.4) is 0 Å². The maximum Gasteiger partial charge on any atom is 0.0318 e. The van der Waals surface area contributed by atoms with E-state index in [-0.39, 0.29) is 0 Å². The van der Waals surface area contributed by atoms with Gasteiger partial charge in [0, 0.05) is 51.9 Å². The molecule has 0 aromatic rings. The lowest BCUT2D eigenvalue weighted by Crippen LogP contribution is -2.48. The number of rotatable bonds is 4. The number of hydrogen-bond acceptors (Lipinski definition) is 5. The summed E-state index contributed by atoms with van der Waals surface area (Å²) in [5.41, 5.74) is 0. The van der Waals surface area contributed by atoms with Gasteiger partial charge in [-0.3, -0.25) is 0 Å². The topological polar surface area (TPSA) is 60.1 Å². The first-order valence-corrected chi connectivity index (χ1v) is 8.22. The lowest BCUT2D eigenvalue weighted by atomic mass is 10.1. The molecule has 1 saturated heterocycles. The summed E-state index contributed by atoms with van der Waals surface area (Å²) < 4.78 is 0. The largest absolute Gasteiger partial charge is 0.315 e.